The molecule has 1 aromatic heterocycles. The molecule has 0 saturated heterocycles. The van der Waals surface area contributed by atoms with E-state index in [1.54, 1.807) is 0 Å². The van der Waals surface area contributed by atoms with Gasteiger partial charge in [0.15, 0.2) is 6.29 Å². The van der Waals surface area contributed by atoms with Gasteiger partial charge in [-0.05, 0) is 16.8 Å². The molecule has 0 unspecified atom stereocenters. The molecule has 0 aliphatic heterocycles. The van der Waals surface area contributed by atoms with Gasteiger partial charge < -0.3 is 10.1 Å². The van der Waals surface area contributed by atoms with Crippen molar-refractivity contribution in [1.82, 2.24) is 4.98 Å². The first kappa shape index (κ1) is 11.2. The van der Waals surface area contributed by atoms with Crippen LogP contribution in [0.15, 0.2) is 6.07 Å². The van der Waals surface area contributed by atoms with E-state index in [2.05, 4.69) is 4.98 Å². The normalized spacial score (nSPS) is 10.4. The predicted molar refractivity (Wildman–Crippen MR) is 46.0 cm³/mol. The van der Waals surface area contributed by atoms with E-state index in [1.165, 1.54) is 6.92 Å². The summed E-state index contributed by atoms with van der Waals surface area (Å²) in [6.45, 7) is 1.27. The van der Waals surface area contributed by atoms with Crippen LogP contribution in [0.5, 0.6) is 0 Å². The minimum Gasteiger partial charge on any atom is -0.358 e. The van der Waals surface area contributed by atoms with Crippen LogP contribution in [-0.4, -0.2) is 16.2 Å². The highest BCUT2D eigenvalue weighted by Gasteiger charge is 2.24. The summed E-state index contributed by atoms with van der Waals surface area (Å²) < 4.78 is 24.8. The van der Waals surface area contributed by atoms with Crippen LogP contribution in [0.25, 0.3) is 0 Å². The van der Waals surface area contributed by atoms with E-state index in [0.29, 0.717) is 0 Å². The lowest BCUT2D eigenvalue weighted by Crippen LogP contribution is -2.03. The van der Waals surface area contributed by atoms with Crippen LogP contribution < -0.4 is 0 Å². The Hall–Kier alpha value is -1.92. The molecule has 80 valence electrons. The lowest BCUT2D eigenvalue weighted by Gasteiger charge is -2.02. The zero-order chi connectivity index (χ0) is 11.6. The molecule has 0 saturated carbocycles. The summed E-state index contributed by atoms with van der Waals surface area (Å²) in [5.74, 6) is -0.752. The van der Waals surface area contributed by atoms with Gasteiger partial charge in [-0.2, -0.15) is 0 Å². The van der Waals surface area contributed by atoms with Crippen molar-refractivity contribution in [2.75, 3.05) is 0 Å². The molecule has 0 fully saturated rings. The Morgan fingerprint density at radius 2 is 2.20 bits per heavy atom. The standard InChI is InChI=1S/C8H6F2N2O3/c1-4-5(3-13)2-6(12(14)15)11-7(4)8(9)10/h2-3,8H,1H3. The Morgan fingerprint density at radius 1 is 1.60 bits per heavy atom. The highest BCUT2D eigenvalue weighted by atomic mass is 19.3. The molecule has 15 heavy (non-hydrogen) atoms. The Balaban J connectivity index is 3.45. The number of alkyl halides is 2. The molecule has 0 amide bonds. The average molecular weight is 216 g/mol. The van der Waals surface area contributed by atoms with Crippen molar-refractivity contribution in [3.05, 3.63) is 33.0 Å². The number of pyridine rings is 1. The molecule has 0 aliphatic rings. The summed E-state index contributed by atoms with van der Waals surface area (Å²) in [6, 6.07) is 0.869. The first-order valence-electron chi connectivity index (χ1n) is 3.86. The number of carbonyl (C=O) groups is 1. The number of hydrogen-bond donors (Lipinski definition) is 0. The maximum absolute atomic E-state index is 12.4. The highest BCUT2D eigenvalue weighted by Crippen LogP contribution is 2.25. The molecule has 7 heteroatoms. The summed E-state index contributed by atoms with van der Waals surface area (Å²) >= 11 is 0. The molecule has 1 rings (SSSR count). The van der Waals surface area contributed by atoms with Crippen molar-refractivity contribution in [2.24, 2.45) is 0 Å². The molecule has 0 bridgehead atoms. The zero-order valence-electron chi connectivity index (χ0n) is 7.61. The predicted octanol–water partition coefficient (Wildman–Crippen LogP) is 2.05. The maximum Gasteiger partial charge on any atom is 0.364 e. The van der Waals surface area contributed by atoms with Gasteiger partial charge in [-0.1, -0.05) is 0 Å². The van der Waals surface area contributed by atoms with E-state index < -0.39 is 22.9 Å². The van der Waals surface area contributed by atoms with Crippen LogP contribution in [0.1, 0.15) is 28.0 Å². The number of aromatic nitrogens is 1. The lowest BCUT2D eigenvalue weighted by molar-refractivity contribution is -0.389. The van der Waals surface area contributed by atoms with E-state index in [1.807, 2.05) is 0 Å². The van der Waals surface area contributed by atoms with E-state index in [0.717, 1.165) is 6.07 Å². The highest BCUT2D eigenvalue weighted by molar-refractivity contribution is 5.78. The van der Waals surface area contributed by atoms with Gasteiger partial charge in [0.1, 0.15) is 0 Å². The Bertz CT molecular complexity index is 421. The molecule has 0 aromatic carbocycles. The van der Waals surface area contributed by atoms with E-state index >= 15 is 0 Å². The van der Waals surface area contributed by atoms with Crippen LogP contribution >= 0.6 is 0 Å². The smallest absolute Gasteiger partial charge is 0.358 e. The van der Waals surface area contributed by atoms with Crippen molar-refractivity contribution in [1.29, 1.82) is 0 Å². The second-order valence-electron chi connectivity index (χ2n) is 2.76. The largest absolute Gasteiger partial charge is 0.364 e. The summed E-state index contributed by atoms with van der Waals surface area (Å²) in [5, 5.41) is 10.3. The van der Waals surface area contributed by atoms with Gasteiger partial charge in [-0.25, -0.2) is 8.78 Å². The van der Waals surface area contributed by atoms with E-state index in [4.69, 9.17) is 0 Å². The third-order valence-corrected chi connectivity index (χ3v) is 1.86. The van der Waals surface area contributed by atoms with Crippen molar-refractivity contribution in [3.63, 3.8) is 0 Å². The summed E-state index contributed by atoms with van der Waals surface area (Å²) in [6.07, 6.45) is -2.65. The van der Waals surface area contributed by atoms with Crippen LogP contribution in [0.3, 0.4) is 0 Å². The van der Waals surface area contributed by atoms with Gasteiger partial charge in [-0.3, -0.25) is 4.79 Å². The Labute approximate surface area is 82.9 Å². The number of aldehydes is 1. The SMILES string of the molecule is Cc1c(C=O)cc([N+](=O)[O-])nc1C(F)F. The van der Waals surface area contributed by atoms with Crippen molar-refractivity contribution < 1.29 is 18.5 Å². The third-order valence-electron chi connectivity index (χ3n) is 1.86. The van der Waals surface area contributed by atoms with Gasteiger partial charge in [0.25, 0.3) is 0 Å². The van der Waals surface area contributed by atoms with Gasteiger partial charge >= 0.3 is 12.2 Å². The number of halogens is 2. The summed E-state index contributed by atoms with van der Waals surface area (Å²) in [5.41, 5.74) is -0.913. The van der Waals surface area contributed by atoms with Crippen LogP contribution in [-0.2, 0) is 0 Å². The van der Waals surface area contributed by atoms with Crippen molar-refractivity contribution >= 4 is 12.1 Å². The molecule has 5 nitrogen and oxygen atoms in total. The zero-order valence-corrected chi connectivity index (χ0v) is 7.61. The van der Waals surface area contributed by atoms with Crippen LogP contribution in [0, 0.1) is 17.0 Å². The minimum absolute atomic E-state index is 0.0365. The minimum atomic E-state index is -2.94. The molecule has 1 heterocycles. The van der Waals surface area contributed by atoms with Crippen LogP contribution in [0.4, 0.5) is 14.6 Å². The van der Waals surface area contributed by atoms with Crippen molar-refractivity contribution in [3.8, 4) is 0 Å². The maximum atomic E-state index is 12.4. The molecular formula is C8H6F2N2O3. The Kier molecular flexibility index (Phi) is 3.03. The topological polar surface area (TPSA) is 73.1 Å². The fourth-order valence-corrected chi connectivity index (χ4v) is 1.06. The second-order valence-corrected chi connectivity index (χ2v) is 2.76. The molecule has 0 radical (unpaired) electrons. The van der Waals surface area contributed by atoms with Crippen LogP contribution in [0.2, 0.25) is 0 Å². The average Bonchev–Trinajstić information content (AvgIpc) is 2.17. The molecule has 0 atom stereocenters. The lowest BCUT2D eigenvalue weighted by atomic mass is 10.1. The number of hydrogen-bond acceptors (Lipinski definition) is 4. The Morgan fingerprint density at radius 3 is 2.60 bits per heavy atom. The molecule has 0 spiro atoms. The fraction of sp³-hybridized carbons (Fsp3) is 0.250. The number of rotatable bonds is 3. The van der Waals surface area contributed by atoms with E-state index in [-0.39, 0.29) is 17.4 Å². The monoisotopic (exact) mass is 216 g/mol. The molecular weight excluding hydrogens is 210 g/mol. The van der Waals surface area contributed by atoms with Gasteiger partial charge in [0, 0.05) is 17.2 Å². The number of nitro groups is 1. The first-order valence-corrected chi connectivity index (χ1v) is 3.86. The van der Waals surface area contributed by atoms with Gasteiger partial charge in [0.2, 0.25) is 5.69 Å². The molecule has 0 N–H and O–H groups in total. The summed E-state index contributed by atoms with van der Waals surface area (Å²) in [7, 11) is 0. The van der Waals surface area contributed by atoms with Gasteiger partial charge in [-0.15, -0.1) is 0 Å². The van der Waals surface area contributed by atoms with E-state index in [9.17, 15) is 23.7 Å². The number of nitrogens with zero attached hydrogens (tertiary/aromatic N) is 2. The summed E-state index contributed by atoms with van der Waals surface area (Å²) in [4.78, 5) is 23.1. The molecule has 0 aliphatic carbocycles. The van der Waals surface area contributed by atoms with Crippen molar-refractivity contribution in [2.45, 2.75) is 13.3 Å². The van der Waals surface area contributed by atoms with Gasteiger partial charge in [0.05, 0.1) is 0 Å². The fourth-order valence-electron chi connectivity index (χ4n) is 1.06. The second kappa shape index (κ2) is 4.07. The number of carbonyl (C=O) groups excluding carboxylic acids is 1. The quantitative estimate of drug-likeness (QED) is 0.440. The molecule has 1 aromatic rings. The third kappa shape index (κ3) is 2.12. The first-order chi connectivity index (χ1) is 6.97.